The second kappa shape index (κ2) is 5.30. The molecule has 0 saturated heterocycles. The van der Waals surface area contributed by atoms with E-state index in [1.165, 1.54) is 29.5 Å². The van der Waals surface area contributed by atoms with Gasteiger partial charge < -0.3 is 0 Å². The van der Waals surface area contributed by atoms with Crippen molar-refractivity contribution in [2.24, 2.45) is 0 Å². The Hall–Kier alpha value is -0.0400. The quantitative estimate of drug-likeness (QED) is 0.569. The van der Waals surface area contributed by atoms with Crippen LogP contribution in [0.4, 0.5) is 4.39 Å². The maximum atomic E-state index is 13.1. The van der Waals surface area contributed by atoms with Crippen molar-refractivity contribution in [2.45, 2.75) is 0 Å². The molecule has 6 heteroatoms. The summed E-state index contributed by atoms with van der Waals surface area (Å²) >= 11 is 11.2. The molecule has 0 unspecified atom stereocenters. The maximum Gasteiger partial charge on any atom is 0.205 e. The first-order valence-electron chi connectivity index (χ1n) is 4.43. The Labute approximate surface area is 126 Å². The van der Waals surface area contributed by atoms with Gasteiger partial charge >= 0.3 is 0 Å². The van der Waals surface area contributed by atoms with Crippen LogP contribution in [0.1, 0.15) is 15.2 Å². The first kappa shape index (κ1) is 13.4. The maximum absolute atomic E-state index is 13.1. The van der Waals surface area contributed by atoms with Gasteiger partial charge in [-0.2, -0.15) is 0 Å². The summed E-state index contributed by atoms with van der Waals surface area (Å²) in [4.78, 5) is 12.8. The van der Waals surface area contributed by atoms with Gasteiger partial charge in [0.15, 0.2) is 0 Å². The van der Waals surface area contributed by atoms with Crippen LogP contribution in [-0.2, 0) is 0 Å². The number of hydrogen-bond acceptors (Lipinski definition) is 2. The van der Waals surface area contributed by atoms with E-state index in [1.807, 2.05) is 5.38 Å². The van der Waals surface area contributed by atoms with Gasteiger partial charge in [0.2, 0.25) is 5.78 Å². The Bertz CT molecular complexity index is 594. The van der Waals surface area contributed by atoms with Gasteiger partial charge in [0, 0.05) is 19.9 Å². The van der Waals surface area contributed by atoms with Crippen molar-refractivity contribution in [3.05, 3.63) is 53.3 Å². The summed E-state index contributed by atoms with van der Waals surface area (Å²) in [5, 5.41) is 1.81. The molecule has 0 radical (unpaired) electrons. The standard InChI is InChI=1S/C11H4Br3FOS/c12-7-2-1-5(15)3-6(7)10(16)11-9(14)8(13)4-17-11/h1-4H. The Morgan fingerprint density at radius 2 is 1.88 bits per heavy atom. The molecule has 0 saturated carbocycles. The van der Waals surface area contributed by atoms with E-state index in [-0.39, 0.29) is 5.78 Å². The molecular weight excluding hydrogens is 439 g/mol. The normalized spacial score (nSPS) is 10.6. The zero-order valence-corrected chi connectivity index (χ0v) is 13.7. The van der Waals surface area contributed by atoms with Crippen LogP contribution >= 0.6 is 59.1 Å². The molecule has 0 aliphatic heterocycles. The molecule has 1 heterocycles. The topological polar surface area (TPSA) is 17.1 Å². The smallest absolute Gasteiger partial charge is 0.205 e. The van der Waals surface area contributed by atoms with Gasteiger partial charge in [-0.3, -0.25) is 4.79 Å². The van der Waals surface area contributed by atoms with Crippen LogP contribution in [0.25, 0.3) is 0 Å². The summed E-state index contributed by atoms with van der Waals surface area (Å²) in [6.07, 6.45) is 0. The minimum atomic E-state index is -0.428. The lowest BCUT2D eigenvalue weighted by Crippen LogP contribution is -2.01. The number of benzene rings is 1. The Morgan fingerprint density at radius 3 is 2.47 bits per heavy atom. The van der Waals surface area contributed by atoms with E-state index in [4.69, 9.17) is 0 Å². The number of rotatable bonds is 2. The number of ketones is 1. The molecule has 0 N–H and O–H groups in total. The van der Waals surface area contributed by atoms with E-state index >= 15 is 0 Å². The molecule has 1 nitrogen and oxygen atoms in total. The van der Waals surface area contributed by atoms with E-state index in [1.54, 1.807) is 0 Å². The average molecular weight is 443 g/mol. The minimum absolute atomic E-state index is 0.209. The molecule has 0 spiro atoms. The van der Waals surface area contributed by atoms with Crippen LogP contribution in [0.2, 0.25) is 0 Å². The van der Waals surface area contributed by atoms with Crippen molar-refractivity contribution in [1.82, 2.24) is 0 Å². The highest BCUT2D eigenvalue weighted by Crippen LogP contribution is 2.35. The highest BCUT2D eigenvalue weighted by atomic mass is 79.9. The molecule has 1 aromatic carbocycles. The number of carbonyl (C=O) groups excluding carboxylic acids is 1. The van der Waals surface area contributed by atoms with Gasteiger partial charge in [-0.1, -0.05) is 15.9 Å². The molecule has 2 rings (SSSR count). The minimum Gasteiger partial charge on any atom is -0.288 e. The fourth-order valence-electron chi connectivity index (χ4n) is 1.27. The van der Waals surface area contributed by atoms with Crippen molar-refractivity contribution < 1.29 is 9.18 Å². The Kier molecular flexibility index (Phi) is 4.18. The van der Waals surface area contributed by atoms with Crippen LogP contribution < -0.4 is 0 Å². The first-order chi connectivity index (χ1) is 8.00. The molecular formula is C11H4Br3FOS. The van der Waals surface area contributed by atoms with Gasteiger partial charge in [0.25, 0.3) is 0 Å². The second-order valence-corrected chi connectivity index (χ2v) is 6.56. The van der Waals surface area contributed by atoms with E-state index in [9.17, 15) is 9.18 Å². The molecule has 0 bridgehead atoms. The highest BCUT2D eigenvalue weighted by molar-refractivity contribution is 9.13. The predicted octanol–water partition coefficient (Wildman–Crippen LogP) is 5.41. The van der Waals surface area contributed by atoms with Crippen LogP contribution in [0.5, 0.6) is 0 Å². The lowest BCUT2D eigenvalue weighted by atomic mass is 10.1. The van der Waals surface area contributed by atoms with Gasteiger partial charge in [0.1, 0.15) is 5.82 Å². The third-order valence-corrected chi connectivity index (χ3v) is 6.29. The third kappa shape index (κ3) is 2.70. The van der Waals surface area contributed by atoms with Gasteiger partial charge in [-0.25, -0.2) is 4.39 Å². The average Bonchev–Trinajstić information content (AvgIpc) is 2.62. The monoisotopic (exact) mass is 440 g/mol. The van der Waals surface area contributed by atoms with E-state index in [0.717, 1.165) is 4.47 Å². The molecule has 2 aromatic rings. The molecule has 0 aliphatic carbocycles. The molecule has 0 atom stereocenters. The summed E-state index contributed by atoms with van der Waals surface area (Å²) in [5.74, 6) is -0.637. The number of halogens is 4. The summed E-state index contributed by atoms with van der Waals surface area (Å²) in [6.45, 7) is 0. The Morgan fingerprint density at radius 1 is 1.18 bits per heavy atom. The lowest BCUT2D eigenvalue weighted by molar-refractivity contribution is 0.104. The zero-order valence-electron chi connectivity index (χ0n) is 8.14. The zero-order chi connectivity index (χ0) is 12.6. The summed E-state index contributed by atoms with van der Waals surface area (Å²) < 4.78 is 15.2. The summed E-state index contributed by atoms with van der Waals surface area (Å²) in [5.41, 5.74) is 0.319. The fraction of sp³-hybridized carbons (Fsp3) is 0. The third-order valence-electron chi connectivity index (χ3n) is 2.07. The van der Waals surface area contributed by atoms with Gasteiger partial charge in [-0.05, 0) is 50.1 Å². The van der Waals surface area contributed by atoms with Crippen LogP contribution in [0.15, 0.2) is 37.0 Å². The van der Waals surface area contributed by atoms with Crippen LogP contribution in [0.3, 0.4) is 0 Å². The molecule has 0 fully saturated rings. The van der Waals surface area contributed by atoms with Crippen molar-refractivity contribution in [3.8, 4) is 0 Å². The first-order valence-corrected chi connectivity index (χ1v) is 7.69. The number of thiophene rings is 1. The van der Waals surface area contributed by atoms with E-state index in [0.29, 0.717) is 19.4 Å². The van der Waals surface area contributed by atoms with Crippen molar-refractivity contribution in [1.29, 1.82) is 0 Å². The summed E-state index contributed by atoms with van der Waals surface area (Å²) in [6, 6.07) is 4.06. The van der Waals surface area contributed by atoms with Crippen molar-refractivity contribution in [2.75, 3.05) is 0 Å². The molecule has 0 amide bonds. The van der Waals surface area contributed by atoms with Crippen molar-refractivity contribution in [3.63, 3.8) is 0 Å². The van der Waals surface area contributed by atoms with Crippen LogP contribution in [-0.4, -0.2) is 5.78 Å². The van der Waals surface area contributed by atoms with E-state index < -0.39 is 5.82 Å². The molecule has 17 heavy (non-hydrogen) atoms. The predicted molar refractivity (Wildman–Crippen MR) is 77.3 cm³/mol. The number of hydrogen-bond donors (Lipinski definition) is 0. The fourth-order valence-corrected chi connectivity index (χ4v) is 3.80. The van der Waals surface area contributed by atoms with Gasteiger partial charge in [-0.15, -0.1) is 11.3 Å². The molecule has 1 aromatic heterocycles. The number of carbonyl (C=O) groups is 1. The largest absolute Gasteiger partial charge is 0.288 e. The second-order valence-electron chi connectivity index (χ2n) is 3.18. The molecule has 88 valence electrons. The SMILES string of the molecule is O=C(c1cc(F)ccc1Br)c1scc(Br)c1Br. The lowest BCUT2D eigenvalue weighted by Gasteiger charge is -2.02. The van der Waals surface area contributed by atoms with Crippen molar-refractivity contribution >= 4 is 64.9 Å². The summed E-state index contributed by atoms with van der Waals surface area (Å²) in [7, 11) is 0. The highest BCUT2D eigenvalue weighted by Gasteiger charge is 2.19. The van der Waals surface area contributed by atoms with Crippen LogP contribution in [0, 0.1) is 5.82 Å². The molecule has 0 aliphatic rings. The van der Waals surface area contributed by atoms with E-state index in [2.05, 4.69) is 47.8 Å². The Balaban J connectivity index is 2.51. The van der Waals surface area contributed by atoms with Gasteiger partial charge in [0.05, 0.1) is 9.35 Å².